The zero-order chi connectivity index (χ0) is 8.97. The molecule has 0 amide bonds. The lowest BCUT2D eigenvalue weighted by Gasteiger charge is -2.07. The second kappa shape index (κ2) is 3.95. The summed E-state index contributed by atoms with van der Waals surface area (Å²) in [5.41, 5.74) is 2.11. The molecule has 0 bridgehead atoms. The van der Waals surface area contributed by atoms with Gasteiger partial charge in [0.15, 0.2) is 0 Å². The van der Waals surface area contributed by atoms with Crippen molar-refractivity contribution in [3.05, 3.63) is 17.8 Å². The molecule has 0 fully saturated rings. The minimum atomic E-state index is 0.672. The van der Waals surface area contributed by atoms with E-state index in [0.29, 0.717) is 5.88 Å². The van der Waals surface area contributed by atoms with E-state index < -0.39 is 0 Å². The Morgan fingerprint density at radius 1 is 1.50 bits per heavy atom. The number of aromatic nitrogens is 1. The van der Waals surface area contributed by atoms with Gasteiger partial charge in [0.05, 0.1) is 18.5 Å². The molecule has 0 aliphatic rings. The van der Waals surface area contributed by atoms with Crippen molar-refractivity contribution in [1.82, 2.24) is 4.98 Å². The summed E-state index contributed by atoms with van der Waals surface area (Å²) in [7, 11) is 3.52. The number of ether oxygens (including phenoxy) is 1. The number of methoxy groups -OCH3 is 1. The smallest absolute Gasteiger partial charge is 0.213 e. The Hall–Kier alpha value is -1.25. The quantitative estimate of drug-likeness (QED) is 0.742. The van der Waals surface area contributed by atoms with E-state index in [9.17, 15) is 0 Å². The first-order valence-electron chi connectivity index (χ1n) is 4.03. The van der Waals surface area contributed by atoms with Gasteiger partial charge in [-0.15, -0.1) is 0 Å². The van der Waals surface area contributed by atoms with Crippen molar-refractivity contribution in [3.63, 3.8) is 0 Å². The zero-order valence-electron chi connectivity index (χ0n) is 7.72. The van der Waals surface area contributed by atoms with Gasteiger partial charge in [-0.3, -0.25) is 0 Å². The second-order valence-electron chi connectivity index (χ2n) is 2.45. The van der Waals surface area contributed by atoms with Gasteiger partial charge >= 0.3 is 0 Å². The Bertz CT molecular complexity index is 261. The first kappa shape index (κ1) is 8.84. The minimum absolute atomic E-state index is 0.672. The maximum Gasteiger partial charge on any atom is 0.213 e. The SMILES string of the molecule is CCc1nc(OC)ccc1NC. The second-order valence-corrected chi connectivity index (χ2v) is 2.45. The number of hydrogen-bond donors (Lipinski definition) is 1. The van der Waals surface area contributed by atoms with Gasteiger partial charge in [0, 0.05) is 13.1 Å². The number of nitrogens with zero attached hydrogens (tertiary/aromatic N) is 1. The normalized spacial score (nSPS) is 9.58. The van der Waals surface area contributed by atoms with Crippen molar-refractivity contribution in [3.8, 4) is 5.88 Å². The minimum Gasteiger partial charge on any atom is -0.481 e. The van der Waals surface area contributed by atoms with Gasteiger partial charge in [0.1, 0.15) is 0 Å². The van der Waals surface area contributed by atoms with Gasteiger partial charge in [-0.2, -0.15) is 0 Å². The molecule has 0 aliphatic carbocycles. The van der Waals surface area contributed by atoms with Crippen LogP contribution in [0.3, 0.4) is 0 Å². The summed E-state index contributed by atoms with van der Waals surface area (Å²) < 4.78 is 5.02. The molecule has 0 saturated carbocycles. The topological polar surface area (TPSA) is 34.1 Å². The van der Waals surface area contributed by atoms with Crippen LogP contribution in [0.1, 0.15) is 12.6 Å². The summed E-state index contributed by atoms with van der Waals surface area (Å²) in [5.74, 6) is 0.672. The molecule has 0 spiro atoms. The molecule has 3 nitrogen and oxygen atoms in total. The van der Waals surface area contributed by atoms with Gasteiger partial charge in [-0.05, 0) is 12.5 Å². The maximum atomic E-state index is 5.02. The van der Waals surface area contributed by atoms with Crippen molar-refractivity contribution >= 4 is 5.69 Å². The molecule has 0 aromatic carbocycles. The summed E-state index contributed by atoms with van der Waals surface area (Å²) in [6, 6.07) is 3.83. The van der Waals surface area contributed by atoms with Gasteiger partial charge < -0.3 is 10.1 Å². The molecule has 1 rings (SSSR count). The largest absolute Gasteiger partial charge is 0.481 e. The van der Waals surface area contributed by atoms with Crippen molar-refractivity contribution in [2.75, 3.05) is 19.5 Å². The fraction of sp³-hybridized carbons (Fsp3) is 0.444. The van der Waals surface area contributed by atoms with Gasteiger partial charge in [-0.25, -0.2) is 4.98 Å². The highest BCUT2D eigenvalue weighted by Crippen LogP contribution is 2.17. The fourth-order valence-corrected chi connectivity index (χ4v) is 1.09. The van der Waals surface area contributed by atoms with Gasteiger partial charge in [0.2, 0.25) is 5.88 Å². The predicted molar refractivity (Wildman–Crippen MR) is 49.7 cm³/mol. The number of nitrogens with one attached hydrogen (secondary N) is 1. The van der Waals surface area contributed by atoms with E-state index in [1.54, 1.807) is 7.11 Å². The van der Waals surface area contributed by atoms with Crippen LogP contribution in [0, 0.1) is 0 Å². The van der Waals surface area contributed by atoms with E-state index in [1.165, 1.54) is 0 Å². The lowest BCUT2D eigenvalue weighted by atomic mass is 10.2. The average Bonchev–Trinajstić information content (AvgIpc) is 2.16. The molecular weight excluding hydrogens is 152 g/mol. The molecular formula is C9H14N2O. The van der Waals surface area contributed by atoms with Crippen LogP contribution in [-0.2, 0) is 6.42 Å². The third kappa shape index (κ3) is 1.67. The van der Waals surface area contributed by atoms with Crippen molar-refractivity contribution in [2.24, 2.45) is 0 Å². The fourth-order valence-electron chi connectivity index (χ4n) is 1.09. The first-order valence-corrected chi connectivity index (χ1v) is 4.03. The summed E-state index contributed by atoms with van der Waals surface area (Å²) in [4.78, 5) is 4.30. The van der Waals surface area contributed by atoms with E-state index >= 15 is 0 Å². The number of pyridine rings is 1. The third-order valence-corrected chi connectivity index (χ3v) is 1.76. The van der Waals surface area contributed by atoms with Crippen LogP contribution in [0.25, 0.3) is 0 Å². The standard InChI is InChI=1S/C9H14N2O/c1-4-7-8(10-2)5-6-9(11-7)12-3/h5-6,10H,4H2,1-3H3. The molecule has 66 valence electrons. The zero-order valence-corrected chi connectivity index (χ0v) is 7.72. The lowest BCUT2D eigenvalue weighted by Crippen LogP contribution is -1.98. The van der Waals surface area contributed by atoms with E-state index in [-0.39, 0.29) is 0 Å². The molecule has 0 atom stereocenters. The molecule has 0 aliphatic heterocycles. The predicted octanol–water partition coefficient (Wildman–Crippen LogP) is 1.69. The number of hydrogen-bond acceptors (Lipinski definition) is 3. The Balaban J connectivity index is 3.02. The highest BCUT2D eigenvalue weighted by Gasteiger charge is 2.01. The number of rotatable bonds is 3. The Labute approximate surface area is 72.8 Å². The Morgan fingerprint density at radius 3 is 2.75 bits per heavy atom. The van der Waals surface area contributed by atoms with E-state index in [4.69, 9.17) is 4.74 Å². The van der Waals surface area contributed by atoms with Crippen LogP contribution in [0.4, 0.5) is 5.69 Å². The van der Waals surface area contributed by atoms with E-state index in [2.05, 4.69) is 17.2 Å². The summed E-state index contributed by atoms with van der Waals surface area (Å²) in [6.45, 7) is 2.07. The first-order chi connectivity index (χ1) is 5.81. The summed E-state index contributed by atoms with van der Waals surface area (Å²) >= 11 is 0. The molecule has 0 unspecified atom stereocenters. The molecule has 0 radical (unpaired) electrons. The lowest BCUT2D eigenvalue weighted by molar-refractivity contribution is 0.396. The Kier molecular flexibility index (Phi) is 2.91. The van der Waals surface area contributed by atoms with Crippen molar-refractivity contribution in [1.29, 1.82) is 0 Å². The summed E-state index contributed by atoms with van der Waals surface area (Å²) in [6.07, 6.45) is 0.910. The molecule has 1 heterocycles. The van der Waals surface area contributed by atoms with Crippen molar-refractivity contribution < 1.29 is 4.74 Å². The molecule has 3 heteroatoms. The highest BCUT2D eigenvalue weighted by molar-refractivity contribution is 5.48. The average molecular weight is 166 g/mol. The molecule has 1 aromatic rings. The monoisotopic (exact) mass is 166 g/mol. The maximum absolute atomic E-state index is 5.02. The van der Waals surface area contributed by atoms with Crippen LogP contribution in [-0.4, -0.2) is 19.1 Å². The Morgan fingerprint density at radius 2 is 2.25 bits per heavy atom. The number of anilines is 1. The van der Waals surface area contributed by atoms with Crippen LogP contribution in [0.15, 0.2) is 12.1 Å². The van der Waals surface area contributed by atoms with Crippen molar-refractivity contribution in [2.45, 2.75) is 13.3 Å². The van der Waals surface area contributed by atoms with E-state index in [1.807, 2.05) is 19.2 Å². The van der Waals surface area contributed by atoms with Crippen LogP contribution < -0.4 is 10.1 Å². The van der Waals surface area contributed by atoms with Crippen LogP contribution in [0.2, 0.25) is 0 Å². The molecule has 1 aromatic heterocycles. The van der Waals surface area contributed by atoms with Crippen LogP contribution in [0.5, 0.6) is 5.88 Å². The summed E-state index contributed by atoms with van der Waals surface area (Å²) in [5, 5.41) is 3.08. The molecule has 0 saturated heterocycles. The third-order valence-electron chi connectivity index (χ3n) is 1.76. The van der Waals surface area contributed by atoms with Gasteiger partial charge in [0.25, 0.3) is 0 Å². The molecule has 12 heavy (non-hydrogen) atoms. The van der Waals surface area contributed by atoms with Gasteiger partial charge in [-0.1, -0.05) is 6.92 Å². The number of aryl methyl sites for hydroxylation is 1. The highest BCUT2D eigenvalue weighted by atomic mass is 16.5. The van der Waals surface area contributed by atoms with E-state index in [0.717, 1.165) is 17.8 Å². The molecule has 1 N–H and O–H groups in total. The van der Waals surface area contributed by atoms with Crippen LogP contribution >= 0.6 is 0 Å².